The van der Waals surface area contributed by atoms with Gasteiger partial charge in [0.1, 0.15) is 11.6 Å². The molecule has 0 spiro atoms. The van der Waals surface area contributed by atoms with Crippen molar-refractivity contribution in [2.75, 3.05) is 6.54 Å². The Kier molecular flexibility index (Phi) is 6.69. The van der Waals surface area contributed by atoms with Gasteiger partial charge in [-0.3, -0.25) is 14.6 Å². The highest BCUT2D eigenvalue weighted by molar-refractivity contribution is 7.17. The van der Waals surface area contributed by atoms with Crippen LogP contribution in [0.3, 0.4) is 0 Å². The summed E-state index contributed by atoms with van der Waals surface area (Å²) in [5, 5.41) is 5.85. The quantitative estimate of drug-likeness (QED) is 0.255. The van der Waals surface area contributed by atoms with Gasteiger partial charge in [0, 0.05) is 76.4 Å². The summed E-state index contributed by atoms with van der Waals surface area (Å²) < 4.78 is 22.0. The van der Waals surface area contributed by atoms with Gasteiger partial charge in [-0.25, -0.2) is 9.37 Å². The molecule has 0 fully saturated rings. The third-order valence-corrected chi connectivity index (χ3v) is 9.05. The fourth-order valence-corrected chi connectivity index (χ4v) is 7.13. The lowest BCUT2D eigenvalue weighted by atomic mass is 9.90. The third kappa shape index (κ3) is 4.73. The van der Waals surface area contributed by atoms with Crippen molar-refractivity contribution >= 4 is 33.2 Å². The second kappa shape index (κ2) is 10.6. The number of pyridine rings is 2. The number of fused-ring (bicyclic) bond motifs is 3. The average Bonchev–Trinajstić information content (AvgIpc) is 3.73. The Morgan fingerprint density at radius 1 is 1.21 bits per heavy atom. The number of rotatable bonds is 6. The van der Waals surface area contributed by atoms with E-state index in [9.17, 15) is 14.0 Å². The summed E-state index contributed by atoms with van der Waals surface area (Å²) in [4.78, 5) is 36.5. The predicted octanol–water partition coefficient (Wildman–Crippen LogP) is 6.60. The Morgan fingerprint density at radius 2 is 2.05 bits per heavy atom. The van der Waals surface area contributed by atoms with Crippen LogP contribution in [-0.4, -0.2) is 39.3 Å². The zero-order chi connectivity index (χ0) is 29.8. The molecule has 0 saturated carbocycles. The topological polar surface area (TPSA) is 84.4 Å². The fraction of sp³-hybridized carbons (Fsp3) is 0.235. The van der Waals surface area contributed by atoms with Crippen LogP contribution >= 0.6 is 11.3 Å². The largest absolute Gasteiger partial charge is 0.494 e. The Bertz CT molecular complexity index is 1910. The van der Waals surface area contributed by atoms with E-state index in [0.717, 1.165) is 49.3 Å². The lowest BCUT2D eigenvalue weighted by Crippen LogP contribution is -2.35. The van der Waals surface area contributed by atoms with Crippen molar-refractivity contribution in [1.29, 1.82) is 0 Å². The van der Waals surface area contributed by atoms with Crippen LogP contribution in [0.15, 0.2) is 78.3 Å². The summed E-state index contributed by atoms with van der Waals surface area (Å²) in [6.45, 7) is 8.98. The molecule has 0 saturated heterocycles. The van der Waals surface area contributed by atoms with E-state index in [1.165, 1.54) is 12.2 Å². The van der Waals surface area contributed by atoms with E-state index in [1.807, 2.05) is 55.8 Å². The van der Waals surface area contributed by atoms with Crippen molar-refractivity contribution in [3.05, 3.63) is 106 Å². The SMILES string of the molecule is C=CC(=O)N1CCc2ncc(-c3nc(-c4ccc5c(c4)CNC5=O)c4ccsc4c3C3C=C(F)C=C3OC(C)C)cc2C1. The second-order valence-corrected chi connectivity index (χ2v) is 12.1. The van der Waals surface area contributed by atoms with E-state index >= 15 is 0 Å². The van der Waals surface area contributed by atoms with Crippen LogP contribution in [0, 0.1) is 0 Å². The normalized spacial score (nSPS) is 17.4. The highest BCUT2D eigenvalue weighted by atomic mass is 32.1. The molecule has 2 amide bonds. The summed E-state index contributed by atoms with van der Waals surface area (Å²) in [6.07, 6.45) is 6.71. The van der Waals surface area contributed by atoms with Crippen LogP contribution < -0.4 is 5.32 Å². The van der Waals surface area contributed by atoms with E-state index in [0.29, 0.717) is 43.1 Å². The van der Waals surface area contributed by atoms with Crippen LogP contribution in [0.5, 0.6) is 0 Å². The number of aromatic nitrogens is 2. The number of ether oxygens (including phenoxy) is 1. The Hall–Kier alpha value is -4.63. The molecule has 5 heterocycles. The Balaban J connectivity index is 1.45. The second-order valence-electron chi connectivity index (χ2n) is 11.2. The van der Waals surface area contributed by atoms with Crippen LogP contribution in [0.2, 0.25) is 0 Å². The molecule has 3 aliphatic rings. The van der Waals surface area contributed by atoms with Gasteiger partial charge in [0.2, 0.25) is 5.91 Å². The van der Waals surface area contributed by atoms with Crippen molar-refractivity contribution in [3.63, 3.8) is 0 Å². The number of carbonyl (C=O) groups is 2. The highest BCUT2D eigenvalue weighted by Gasteiger charge is 2.32. The number of carbonyl (C=O) groups excluding carboxylic acids is 2. The van der Waals surface area contributed by atoms with Gasteiger partial charge in [0.25, 0.3) is 5.91 Å². The summed E-state index contributed by atoms with van der Waals surface area (Å²) in [6, 6.07) is 9.88. The molecule has 0 radical (unpaired) electrons. The van der Waals surface area contributed by atoms with E-state index < -0.39 is 5.92 Å². The zero-order valence-electron chi connectivity index (χ0n) is 23.8. The monoisotopic (exact) mass is 592 g/mol. The number of thiophene rings is 1. The van der Waals surface area contributed by atoms with Gasteiger partial charge >= 0.3 is 0 Å². The molecule has 1 N–H and O–H groups in total. The van der Waals surface area contributed by atoms with E-state index in [4.69, 9.17) is 14.7 Å². The maximum Gasteiger partial charge on any atom is 0.251 e. The third-order valence-electron chi connectivity index (χ3n) is 8.10. The summed E-state index contributed by atoms with van der Waals surface area (Å²) in [5.41, 5.74) is 7.47. The first kappa shape index (κ1) is 27.2. The van der Waals surface area contributed by atoms with Gasteiger partial charge in [0.15, 0.2) is 0 Å². The molecule has 1 atom stereocenters. The van der Waals surface area contributed by atoms with Gasteiger partial charge in [-0.05, 0) is 66.8 Å². The first-order valence-corrected chi connectivity index (χ1v) is 15.2. The average molecular weight is 593 g/mol. The minimum atomic E-state index is -0.475. The number of nitrogens with one attached hydrogen (secondary N) is 1. The van der Waals surface area contributed by atoms with E-state index in [2.05, 4.69) is 11.9 Å². The number of allylic oxidation sites excluding steroid dienone is 3. The Labute approximate surface area is 252 Å². The molecule has 3 aromatic heterocycles. The molecule has 4 aromatic rings. The predicted molar refractivity (Wildman–Crippen MR) is 165 cm³/mol. The van der Waals surface area contributed by atoms with E-state index in [1.54, 1.807) is 22.3 Å². The molecular weight excluding hydrogens is 563 g/mol. The number of halogens is 1. The van der Waals surface area contributed by atoms with Gasteiger partial charge < -0.3 is 15.0 Å². The number of amides is 2. The number of benzene rings is 1. The number of hydrogen-bond acceptors (Lipinski definition) is 6. The standard InChI is InChI=1S/C34H29FN4O3S/c1-4-29(40)39-9-7-27-22(17-39)12-21(16-36-27)32-30(26-13-23(35)14-28(26)42-18(2)3)33-25(8-10-43-33)31(38-32)19-5-6-24-20(11-19)15-37-34(24)41/h4-6,8,10-14,16,18,26H,1,7,9,15,17H2,2-3H3,(H,37,41). The summed E-state index contributed by atoms with van der Waals surface area (Å²) in [5.74, 6) is -0.479. The molecule has 43 heavy (non-hydrogen) atoms. The van der Waals surface area contributed by atoms with Gasteiger partial charge in [-0.2, -0.15) is 0 Å². The van der Waals surface area contributed by atoms with Crippen LogP contribution in [0.1, 0.15) is 52.5 Å². The highest BCUT2D eigenvalue weighted by Crippen LogP contribution is 2.47. The molecule has 1 unspecified atom stereocenters. The maximum absolute atomic E-state index is 14.9. The van der Waals surface area contributed by atoms with Crippen molar-refractivity contribution in [1.82, 2.24) is 20.2 Å². The lowest BCUT2D eigenvalue weighted by Gasteiger charge is -2.28. The maximum atomic E-state index is 14.9. The Morgan fingerprint density at radius 3 is 2.86 bits per heavy atom. The zero-order valence-corrected chi connectivity index (χ0v) is 24.6. The molecule has 216 valence electrons. The molecule has 0 bridgehead atoms. The number of hydrogen-bond donors (Lipinski definition) is 1. The number of nitrogens with zero attached hydrogens (tertiary/aromatic N) is 3. The van der Waals surface area contributed by atoms with Crippen LogP contribution in [-0.2, 0) is 29.0 Å². The van der Waals surface area contributed by atoms with E-state index in [-0.39, 0.29) is 23.7 Å². The van der Waals surface area contributed by atoms with Crippen molar-refractivity contribution in [3.8, 4) is 22.5 Å². The molecule has 2 aliphatic heterocycles. The van der Waals surface area contributed by atoms with Crippen LogP contribution in [0.4, 0.5) is 4.39 Å². The summed E-state index contributed by atoms with van der Waals surface area (Å²) in [7, 11) is 0. The summed E-state index contributed by atoms with van der Waals surface area (Å²) >= 11 is 1.58. The van der Waals surface area contributed by atoms with Gasteiger partial charge in [-0.1, -0.05) is 12.6 Å². The minimum Gasteiger partial charge on any atom is -0.494 e. The first-order valence-electron chi connectivity index (χ1n) is 14.3. The molecule has 1 aliphatic carbocycles. The first-order chi connectivity index (χ1) is 20.8. The molecule has 7 rings (SSSR count). The van der Waals surface area contributed by atoms with Crippen molar-refractivity contribution in [2.24, 2.45) is 0 Å². The fourth-order valence-electron chi connectivity index (χ4n) is 6.15. The minimum absolute atomic E-state index is 0.0742. The molecule has 1 aromatic carbocycles. The molecule has 9 heteroatoms. The molecular formula is C34H29FN4O3S. The van der Waals surface area contributed by atoms with Gasteiger partial charge in [-0.15, -0.1) is 11.3 Å². The smallest absolute Gasteiger partial charge is 0.251 e. The van der Waals surface area contributed by atoms with Crippen LogP contribution in [0.25, 0.3) is 32.6 Å². The molecule has 7 nitrogen and oxygen atoms in total. The van der Waals surface area contributed by atoms with Gasteiger partial charge in [0.05, 0.1) is 23.4 Å². The van der Waals surface area contributed by atoms with Crippen molar-refractivity contribution in [2.45, 2.75) is 45.4 Å². The lowest BCUT2D eigenvalue weighted by molar-refractivity contribution is -0.126. The van der Waals surface area contributed by atoms with Crippen molar-refractivity contribution < 1.29 is 18.7 Å².